The number of para-hydroxylation sites is 2. The molecule has 0 aliphatic rings. The molecule has 2 aromatic rings. The molecule has 0 aromatic heterocycles. The fourth-order valence-electron chi connectivity index (χ4n) is 1.83. The average molecular weight is 286 g/mol. The van der Waals surface area contributed by atoms with Gasteiger partial charge in [0, 0.05) is 11.8 Å². The van der Waals surface area contributed by atoms with Crippen LogP contribution in [0.5, 0.6) is 11.5 Å². The van der Waals surface area contributed by atoms with Gasteiger partial charge < -0.3 is 20.5 Å². The van der Waals surface area contributed by atoms with Crippen molar-refractivity contribution in [2.75, 3.05) is 18.2 Å². The normalized spacial score (nSPS) is 11.5. The molecule has 1 amide bonds. The zero-order valence-electron chi connectivity index (χ0n) is 12.0. The van der Waals surface area contributed by atoms with Crippen molar-refractivity contribution in [1.82, 2.24) is 0 Å². The molecule has 110 valence electrons. The van der Waals surface area contributed by atoms with E-state index in [0.717, 1.165) is 0 Å². The largest absolute Gasteiger partial charge is 0.495 e. The third kappa shape index (κ3) is 3.89. The Morgan fingerprint density at radius 1 is 1.19 bits per heavy atom. The van der Waals surface area contributed by atoms with Gasteiger partial charge in [0.05, 0.1) is 12.8 Å². The van der Waals surface area contributed by atoms with Crippen LogP contribution in [-0.4, -0.2) is 19.1 Å². The summed E-state index contributed by atoms with van der Waals surface area (Å²) in [6.45, 7) is 1.67. The summed E-state index contributed by atoms with van der Waals surface area (Å²) in [6, 6.07) is 14.2. The van der Waals surface area contributed by atoms with Crippen molar-refractivity contribution in [2.45, 2.75) is 13.0 Å². The Morgan fingerprint density at radius 3 is 2.67 bits per heavy atom. The molecule has 0 spiro atoms. The molecular weight excluding hydrogens is 268 g/mol. The Kier molecular flexibility index (Phi) is 4.66. The molecular formula is C16H18N2O3. The summed E-state index contributed by atoms with van der Waals surface area (Å²) in [5.74, 6) is 0.890. The maximum atomic E-state index is 12.1. The predicted molar refractivity (Wildman–Crippen MR) is 82.6 cm³/mol. The van der Waals surface area contributed by atoms with Crippen molar-refractivity contribution in [3.05, 3.63) is 48.5 Å². The van der Waals surface area contributed by atoms with Crippen molar-refractivity contribution >= 4 is 17.3 Å². The molecule has 0 aliphatic heterocycles. The van der Waals surface area contributed by atoms with E-state index in [-0.39, 0.29) is 5.91 Å². The first kappa shape index (κ1) is 14.7. The van der Waals surface area contributed by atoms with Crippen LogP contribution in [0.1, 0.15) is 6.92 Å². The van der Waals surface area contributed by atoms with Crippen LogP contribution in [-0.2, 0) is 4.79 Å². The van der Waals surface area contributed by atoms with Crippen molar-refractivity contribution in [1.29, 1.82) is 0 Å². The lowest BCUT2D eigenvalue weighted by Gasteiger charge is -2.16. The lowest BCUT2D eigenvalue weighted by Crippen LogP contribution is -2.30. The number of methoxy groups -OCH3 is 1. The van der Waals surface area contributed by atoms with Gasteiger partial charge in [0.15, 0.2) is 6.10 Å². The number of benzene rings is 2. The minimum absolute atomic E-state index is 0.262. The van der Waals surface area contributed by atoms with Crippen LogP contribution in [0.15, 0.2) is 48.5 Å². The second-order valence-electron chi connectivity index (χ2n) is 4.52. The molecule has 0 bridgehead atoms. The van der Waals surface area contributed by atoms with Gasteiger partial charge in [0.1, 0.15) is 11.5 Å². The number of carbonyl (C=O) groups excluding carboxylic acids is 1. The highest BCUT2D eigenvalue weighted by Gasteiger charge is 2.16. The van der Waals surface area contributed by atoms with Gasteiger partial charge in [-0.1, -0.05) is 18.2 Å². The number of ether oxygens (including phenoxy) is 2. The zero-order valence-corrected chi connectivity index (χ0v) is 12.0. The van der Waals surface area contributed by atoms with E-state index in [0.29, 0.717) is 22.9 Å². The van der Waals surface area contributed by atoms with Gasteiger partial charge in [-0.15, -0.1) is 0 Å². The van der Waals surface area contributed by atoms with Gasteiger partial charge in [-0.3, -0.25) is 4.79 Å². The highest BCUT2D eigenvalue weighted by Crippen LogP contribution is 2.23. The lowest BCUT2D eigenvalue weighted by molar-refractivity contribution is -0.122. The minimum Gasteiger partial charge on any atom is -0.495 e. The van der Waals surface area contributed by atoms with Gasteiger partial charge in [0.25, 0.3) is 5.91 Å². The van der Waals surface area contributed by atoms with Gasteiger partial charge in [-0.05, 0) is 31.2 Å². The predicted octanol–water partition coefficient (Wildman–Crippen LogP) is 2.68. The van der Waals surface area contributed by atoms with Crippen molar-refractivity contribution < 1.29 is 14.3 Å². The molecule has 21 heavy (non-hydrogen) atoms. The minimum atomic E-state index is -0.656. The molecule has 0 heterocycles. The molecule has 2 aromatic carbocycles. The smallest absolute Gasteiger partial charge is 0.265 e. The topological polar surface area (TPSA) is 73.6 Å². The number of nitrogens with two attached hydrogens (primary N) is 1. The Labute approximate surface area is 123 Å². The molecule has 0 saturated heterocycles. The third-order valence-corrected chi connectivity index (χ3v) is 2.91. The van der Waals surface area contributed by atoms with Crippen LogP contribution in [0.25, 0.3) is 0 Å². The van der Waals surface area contributed by atoms with Crippen LogP contribution in [0.2, 0.25) is 0 Å². The fourth-order valence-corrected chi connectivity index (χ4v) is 1.83. The van der Waals surface area contributed by atoms with Gasteiger partial charge in [0.2, 0.25) is 0 Å². The summed E-state index contributed by atoms with van der Waals surface area (Å²) < 4.78 is 10.8. The molecule has 3 N–H and O–H groups in total. The molecule has 0 aliphatic carbocycles. The summed E-state index contributed by atoms with van der Waals surface area (Å²) in [6.07, 6.45) is -0.656. The van der Waals surface area contributed by atoms with E-state index in [2.05, 4.69) is 5.32 Å². The lowest BCUT2D eigenvalue weighted by atomic mass is 10.2. The third-order valence-electron chi connectivity index (χ3n) is 2.91. The second kappa shape index (κ2) is 6.65. The molecule has 0 fully saturated rings. The quantitative estimate of drug-likeness (QED) is 0.829. The Balaban J connectivity index is 2.02. The van der Waals surface area contributed by atoms with E-state index in [1.165, 1.54) is 0 Å². The van der Waals surface area contributed by atoms with Crippen LogP contribution in [0, 0.1) is 0 Å². The van der Waals surface area contributed by atoms with Gasteiger partial charge in [-0.25, -0.2) is 0 Å². The zero-order chi connectivity index (χ0) is 15.2. The van der Waals surface area contributed by atoms with Crippen molar-refractivity contribution in [3.8, 4) is 11.5 Å². The van der Waals surface area contributed by atoms with Crippen LogP contribution < -0.4 is 20.5 Å². The van der Waals surface area contributed by atoms with Crippen molar-refractivity contribution in [3.63, 3.8) is 0 Å². The number of hydrogen-bond donors (Lipinski definition) is 2. The van der Waals surface area contributed by atoms with E-state index in [1.807, 2.05) is 12.1 Å². The molecule has 5 heteroatoms. The first-order chi connectivity index (χ1) is 10.1. The number of carbonyl (C=O) groups is 1. The summed E-state index contributed by atoms with van der Waals surface area (Å²) in [7, 11) is 1.55. The van der Waals surface area contributed by atoms with E-state index in [1.54, 1.807) is 50.4 Å². The number of hydrogen-bond acceptors (Lipinski definition) is 4. The number of nitrogen functional groups attached to an aromatic ring is 1. The fraction of sp³-hybridized carbons (Fsp3) is 0.188. The highest BCUT2D eigenvalue weighted by atomic mass is 16.5. The van der Waals surface area contributed by atoms with Crippen LogP contribution >= 0.6 is 0 Å². The van der Waals surface area contributed by atoms with E-state index in [9.17, 15) is 4.79 Å². The molecule has 0 radical (unpaired) electrons. The summed E-state index contributed by atoms with van der Waals surface area (Å²) in [5.41, 5.74) is 6.87. The standard InChI is InChI=1S/C16H18N2O3/c1-11(21-13-7-5-6-12(17)10-13)16(19)18-14-8-3-4-9-15(14)20-2/h3-11H,17H2,1-2H3,(H,18,19)/t11-/m1/s1. The maximum absolute atomic E-state index is 12.1. The Bertz CT molecular complexity index is 628. The van der Waals surface area contributed by atoms with Crippen LogP contribution in [0.4, 0.5) is 11.4 Å². The summed E-state index contributed by atoms with van der Waals surface area (Å²) in [5, 5.41) is 2.78. The molecule has 0 saturated carbocycles. The number of anilines is 2. The summed E-state index contributed by atoms with van der Waals surface area (Å²) in [4.78, 5) is 12.1. The molecule has 5 nitrogen and oxygen atoms in total. The average Bonchev–Trinajstić information content (AvgIpc) is 2.47. The molecule has 1 atom stereocenters. The first-order valence-electron chi connectivity index (χ1n) is 6.56. The number of rotatable bonds is 5. The Hall–Kier alpha value is -2.69. The van der Waals surface area contributed by atoms with E-state index >= 15 is 0 Å². The second-order valence-corrected chi connectivity index (χ2v) is 4.52. The maximum Gasteiger partial charge on any atom is 0.265 e. The van der Waals surface area contributed by atoms with Gasteiger partial charge >= 0.3 is 0 Å². The van der Waals surface area contributed by atoms with Crippen LogP contribution in [0.3, 0.4) is 0 Å². The monoisotopic (exact) mass is 286 g/mol. The van der Waals surface area contributed by atoms with E-state index in [4.69, 9.17) is 15.2 Å². The molecule has 2 rings (SSSR count). The number of nitrogens with one attached hydrogen (secondary N) is 1. The SMILES string of the molecule is COc1ccccc1NC(=O)[C@@H](C)Oc1cccc(N)c1. The highest BCUT2D eigenvalue weighted by molar-refractivity contribution is 5.95. The first-order valence-corrected chi connectivity index (χ1v) is 6.56. The van der Waals surface area contributed by atoms with E-state index < -0.39 is 6.10 Å². The number of amides is 1. The van der Waals surface area contributed by atoms with Crippen molar-refractivity contribution in [2.24, 2.45) is 0 Å². The van der Waals surface area contributed by atoms with Gasteiger partial charge in [-0.2, -0.15) is 0 Å². The Morgan fingerprint density at radius 2 is 1.95 bits per heavy atom. The summed E-state index contributed by atoms with van der Waals surface area (Å²) >= 11 is 0. The molecule has 0 unspecified atom stereocenters.